The third kappa shape index (κ3) is 3.91. The minimum Gasteiger partial charge on any atom is -0.455 e. The van der Waals surface area contributed by atoms with Gasteiger partial charge in [-0.25, -0.2) is 0 Å². The third-order valence-corrected chi connectivity index (χ3v) is 3.36. The van der Waals surface area contributed by atoms with Crippen molar-refractivity contribution < 1.29 is 9.34 Å². The Hall–Kier alpha value is -2.15. The van der Waals surface area contributed by atoms with Crippen LogP contribution in [0.3, 0.4) is 0 Å². The number of benzene rings is 1. The Bertz CT molecular complexity index is 667. The number of furan rings is 1. The first kappa shape index (κ1) is 15.2. The summed E-state index contributed by atoms with van der Waals surface area (Å²) in [4.78, 5) is 10.3. The molecule has 0 aliphatic carbocycles. The van der Waals surface area contributed by atoms with E-state index in [9.17, 15) is 10.1 Å². The largest absolute Gasteiger partial charge is 0.455 e. The Balaban J connectivity index is 2.18. The Morgan fingerprint density at radius 3 is 2.90 bits per heavy atom. The Morgan fingerprint density at radius 2 is 2.24 bits per heavy atom. The van der Waals surface area contributed by atoms with Crippen LogP contribution in [0, 0.1) is 10.1 Å². The van der Waals surface area contributed by atoms with Gasteiger partial charge in [0.15, 0.2) is 0 Å². The second kappa shape index (κ2) is 7.03. The van der Waals surface area contributed by atoms with Crippen LogP contribution in [-0.2, 0) is 0 Å². The zero-order valence-corrected chi connectivity index (χ0v) is 13.0. The molecule has 7 heteroatoms. The van der Waals surface area contributed by atoms with Crippen molar-refractivity contribution in [1.82, 2.24) is 5.43 Å². The monoisotopic (exact) mass is 351 g/mol. The average molecular weight is 352 g/mol. The van der Waals surface area contributed by atoms with Gasteiger partial charge < -0.3 is 9.84 Å². The van der Waals surface area contributed by atoms with Crippen LogP contribution in [0.2, 0.25) is 0 Å². The van der Waals surface area contributed by atoms with E-state index in [1.54, 1.807) is 24.4 Å². The molecule has 1 heterocycles. The summed E-state index contributed by atoms with van der Waals surface area (Å²) in [5.74, 6) is 1.23. The normalized spacial score (nSPS) is 11.0. The van der Waals surface area contributed by atoms with E-state index in [0.717, 1.165) is 18.5 Å². The van der Waals surface area contributed by atoms with Gasteiger partial charge in [-0.1, -0.05) is 6.92 Å². The van der Waals surface area contributed by atoms with Crippen molar-refractivity contribution in [2.75, 3.05) is 6.54 Å². The van der Waals surface area contributed by atoms with Gasteiger partial charge in [-0.3, -0.25) is 10.1 Å². The molecule has 0 spiro atoms. The van der Waals surface area contributed by atoms with Crippen LogP contribution in [0.1, 0.15) is 19.1 Å². The van der Waals surface area contributed by atoms with Crippen LogP contribution in [0.15, 0.2) is 44.3 Å². The molecule has 0 bridgehead atoms. The summed E-state index contributed by atoms with van der Waals surface area (Å²) >= 11 is 3.32. The topological polar surface area (TPSA) is 80.7 Å². The minimum atomic E-state index is -0.436. The van der Waals surface area contributed by atoms with Crippen molar-refractivity contribution in [3.05, 3.63) is 50.7 Å². The maximum absolute atomic E-state index is 10.7. The molecule has 1 N–H and O–H groups in total. The van der Waals surface area contributed by atoms with Gasteiger partial charge in [0.25, 0.3) is 5.69 Å². The molecule has 0 fully saturated rings. The number of rotatable bonds is 6. The number of hydrogen-bond donors (Lipinski definition) is 1. The number of nitro benzene ring substituents is 1. The zero-order chi connectivity index (χ0) is 15.2. The molecular weight excluding hydrogens is 338 g/mol. The van der Waals surface area contributed by atoms with Gasteiger partial charge in [-0.05, 0) is 40.5 Å². The Kier molecular flexibility index (Phi) is 5.10. The van der Waals surface area contributed by atoms with Crippen molar-refractivity contribution in [2.45, 2.75) is 13.3 Å². The molecule has 110 valence electrons. The number of hydrazone groups is 1. The Labute approximate surface area is 130 Å². The lowest BCUT2D eigenvalue weighted by Crippen LogP contribution is -2.05. The lowest BCUT2D eigenvalue weighted by Gasteiger charge is -2.00. The fourth-order valence-electron chi connectivity index (χ4n) is 1.67. The van der Waals surface area contributed by atoms with Crippen LogP contribution in [0.4, 0.5) is 5.69 Å². The summed E-state index contributed by atoms with van der Waals surface area (Å²) in [5, 5.41) is 14.7. The summed E-state index contributed by atoms with van der Waals surface area (Å²) in [6.45, 7) is 2.86. The van der Waals surface area contributed by atoms with Crippen molar-refractivity contribution in [1.29, 1.82) is 0 Å². The van der Waals surface area contributed by atoms with E-state index in [0.29, 0.717) is 16.0 Å². The van der Waals surface area contributed by atoms with Gasteiger partial charge in [0.2, 0.25) is 0 Å². The highest BCUT2D eigenvalue weighted by Gasteiger charge is 2.12. The average Bonchev–Trinajstić information content (AvgIpc) is 2.92. The highest BCUT2D eigenvalue weighted by molar-refractivity contribution is 9.10. The maximum Gasteiger partial charge on any atom is 0.270 e. The van der Waals surface area contributed by atoms with E-state index >= 15 is 0 Å². The second-order valence-electron chi connectivity index (χ2n) is 4.29. The predicted molar refractivity (Wildman–Crippen MR) is 84.4 cm³/mol. The molecule has 0 saturated carbocycles. The highest BCUT2D eigenvalue weighted by Crippen LogP contribution is 2.32. The van der Waals surface area contributed by atoms with Gasteiger partial charge in [-0.2, -0.15) is 5.10 Å². The zero-order valence-electron chi connectivity index (χ0n) is 11.4. The lowest BCUT2D eigenvalue weighted by atomic mass is 10.1. The summed E-state index contributed by atoms with van der Waals surface area (Å²) in [6.07, 6.45) is 2.59. The first-order chi connectivity index (χ1) is 10.1. The maximum atomic E-state index is 10.7. The van der Waals surface area contributed by atoms with E-state index in [1.165, 1.54) is 12.1 Å². The molecule has 0 aliphatic heterocycles. The van der Waals surface area contributed by atoms with Crippen molar-refractivity contribution in [3.8, 4) is 11.3 Å². The highest BCUT2D eigenvalue weighted by atomic mass is 79.9. The molecule has 2 aromatic rings. The molecule has 2 rings (SSSR count). The van der Waals surface area contributed by atoms with Gasteiger partial charge >= 0.3 is 0 Å². The van der Waals surface area contributed by atoms with Gasteiger partial charge in [0.05, 0.1) is 11.1 Å². The summed E-state index contributed by atoms with van der Waals surface area (Å²) in [7, 11) is 0. The number of nitro groups is 1. The van der Waals surface area contributed by atoms with Gasteiger partial charge in [0.1, 0.15) is 11.5 Å². The number of halogens is 1. The van der Waals surface area contributed by atoms with Crippen LogP contribution in [0.5, 0.6) is 0 Å². The summed E-state index contributed by atoms with van der Waals surface area (Å²) in [5.41, 5.74) is 3.67. The number of nitrogens with one attached hydrogen (secondary N) is 1. The molecule has 0 aliphatic rings. The Morgan fingerprint density at radius 1 is 1.43 bits per heavy atom. The molecule has 0 amide bonds. The molecule has 21 heavy (non-hydrogen) atoms. The number of nitrogens with zero attached hydrogens (tertiary/aromatic N) is 2. The van der Waals surface area contributed by atoms with E-state index in [4.69, 9.17) is 4.42 Å². The SMILES string of the molecule is CCCN/N=C/c1ccc(-c2ccc([N+](=O)[O-])cc2Br)o1. The van der Waals surface area contributed by atoms with Crippen LogP contribution >= 0.6 is 15.9 Å². The smallest absolute Gasteiger partial charge is 0.270 e. The fourth-order valence-corrected chi connectivity index (χ4v) is 2.23. The molecule has 1 aromatic heterocycles. The molecule has 0 radical (unpaired) electrons. The second-order valence-corrected chi connectivity index (χ2v) is 5.14. The van der Waals surface area contributed by atoms with E-state index in [1.807, 2.05) is 0 Å². The van der Waals surface area contributed by atoms with Crippen LogP contribution in [-0.4, -0.2) is 17.7 Å². The molecular formula is C14H14BrN3O3. The number of non-ortho nitro benzene ring substituents is 1. The van der Waals surface area contributed by atoms with Crippen molar-refractivity contribution >= 4 is 27.8 Å². The van der Waals surface area contributed by atoms with E-state index < -0.39 is 4.92 Å². The lowest BCUT2D eigenvalue weighted by molar-refractivity contribution is -0.384. The van der Waals surface area contributed by atoms with E-state index in [-0.39, 0.29) is 5.69 Å². The summed E-state index contributed by atoms with van der Waals surface area (Å²) in [6, 6.07) is 8.14. The first-order valence-electron chi connectivity index (χ1n) is 6.42. The van der Waals surface area contributed by atoms with Gasteiger partial charge in [-0.15, -0.1) is 0 Å². The third-order valence-electron chi connectivity index (χ3n) is 2.70. The standard InChI is InChI=1S/C14H14BrN3O3/c1-2-7-16-17-9-11-4-6-14(21-11)12-5-3-10(18(19)20)8-13(12)15/h3-6,8-9,16H,2,7H2,1H3/b17-9+. The number of hydrogen-bond acceptors (Lipinski definition) is 5. The molecule has 0 unspecified atom stereocenters. The van der Waals surface area contributed by atoms with Crippen molar-refractivity contribution in [3.63, 3.8) is 0 Å². The van der Waals surface area contributed by atoms with Gasteiger partial charge in [0, 0.05) is 28.7 Å². The van der Waals surface area contributed by atoms with E-state index in [2.05, 4.69) is 33.4 Å². The predicted octanol–water partition coefficient (Wildman–Crippen LogP) is 3.95. The van der Waals surface area contributed by atoms with Crippen LogP contribution < -0.4 is 5.43 Å². The minimum absolute atomic E-state index is 0.0303. The molecule has 1 aromatic carbocycles. The quantitative estimate of drug-likeness (QED) is 0.369. The first-order valence-corrected chi connectivity index (χ1v) is 7.21. The molecule has 6 nitrogen and oxygen atoms in total. The molecule has 0 atom stereocenters. The molecule has 0 saturated heterocycles. The fraction of sp³-hybridized carbons (Fsp3) is 0.214. The summed E-state index contributed by atoms with van der Waals surface area (Å²) < 4.78 is 6.25. The van der Waals surface area contributed by atoms with Crippen LogP contribution in [0.25, 0.3) is 11.3 Å². The van der Waals surface area contributed by atoms with Crippen molar-refractivity contribution in [2.24, 2.45) is 5.10 Å².